The Morgan fingerprint density at radius 2 is 2.28 bits per heavy atom. The molecule has 0 aliphatic carbocycles. The van der Waals surface area contributed by atoms with Crippen LogP contribution >= 0.6 is 15.9 Å². The highest BCUT2D eigenvalue weighted by atomic mass is 79.9. The Kier molecular flexibility index (Phi) is 4.68. The Labute approximate surface area is 118 Å². The molecule has 0 saturated carbocycles. The van der Waals surface area contributed by atoms with Crippen LogP contribution in [0.3, 0.4) is 0 Å². The summed E-state index contributed by atoms with van der Waals surface area (Å²) in [5.41, 5.74) is 2.23. The van der Waals surface area contributed by atoms with E-state index < -0.39 is 6.10 Å². The summed E-state index contributed by atoms with van der Waals surface area (Å²) < 4.78 is 1.10. The molecule has 0 amide bonds. The molecule has 2 unspecified atom stereocenters. The van der Waals surface area contributed by atoms with Gasteiger partial charge in [0.15, 0.2) is 0 Å². The van der Waals surface area contributed by atoms with E-state index in [9.17, 15) is 5.11 Å². The number of hydrogen-bond acceptors (Lipinski definition) is 2. The third-order valence-electron chi connectivity index (χ3n) is 3.89. The van der Waals surface area contributed by atoms with E-state index in [1.54, 1.807) is 6.92 Å². The van der Waals surface area contributed by atoms with Gasteiger partial charge in [-0.15, -0.1) is 0 Å². The van der Waals surface area contributed by atoms with Gasteiger partial charge in [-0.05, 0) is 59.3 Å². The van der Waals surface area contributed by atoms with Crippen molar-refractivity contribution in [3.8, 4) is 0 Å². The minimum atomic E-state index is -0.403. The lowest BCUT2D eigenvalue weighted by Gasteiger charge is -2.34. The number of hydrogen-bond donors (Lipinski definition) is 1. The van der Waals surface area contributed by atoms with Gasteiger partial charge in [-0.1, -0.05) is 19.4 Å². The number of nitrogens with zero attached hydrogens (tertiary/aromatic N) is 1. The second-order valence-corrected chi connectivity index (χ2v) is 6.10. The van der Waals surface area contributed by atoms with Crippen LogP contribution in [-0.2, 0) is 0 Å². The summed E-state index contributed by atoms with van der Waals surface area (Å²) >= 11 is 3.64. The molecule has 1 aromatic rings. The second-order valence-electron chi connectivity index (χ2n) is 5.25. The molecule has 100 valence electrons. The van der Waals surface area contributed by atoms with Crippen LogP contribution in [0, 0.1) is 5.92 Å². The molecule has 3 heteroatoms. The van der Waals surface area contributed by atoms with E-state index in [-0.39, 0.29) is 0 Å². The van der Waals surface area contributed by atoms with Gasteiger partial charge < -0.3 is 10.0 Å². The lowest BCUT2D eigenvalue weighted by molar-refractivity contribution is 0.199. The molecule has 1 saturated heterocycles. The normalized spacial score (nSPS) is 22.0. The molecule has 2 nitrogen and oxygen atoms in total. The number of halogens is 1. The maximum Gasteiger partial charge on any atom is 0.0762 e. The molecule has 0 radical (unpaired) electrons. The zero-order valence-electron chi connectivity index (χ0n) is 11.2. The second kappa shape index (κ2) is 6.07. The smallest absolute Gasteiger partial charge is 0.0762 e. The summed E-state index contributed by atoms with van der Waals surface area (Å²) in [6.07, 6.45) is 3.50. The van der Waals surface area contributed by atoms with Gasteiger partial charge in [-0.3, -0.25) is 0 Å². The van der Waals surface area contributed by atoms with Crippen LogP contribution in [0.15, 0.2) is 22.7 Å². The van der Waals surface area contributed by atoms with Crippen LogP contribution in [0.5, 0.6) is 0 Å². The molecule has 2 rings (SSSR count). The molecule has 0 aromatic heterocycles. The Balaban J connectivity index is 2.17. The van der Waals surface area contributed by atoms with Crippen molar-refractivity contribution in [2.45, 2.75) is 39.2 Å². The first-order valence-electron chi connectivity index (χ1n) is 6.84. The molecular weight excluding hydrogens is 290 g/mol. The van der Waals surface area contributed by atoms with E-state index >= 15 is 0 Å². The molecule has 0 bridgehead atoms. The van der Waals surface area contributed by atoms with Crippen LogP contribution in [0.2, 0.25) is 0 Å². The standard InChI is InChI=1S/C15H22BrNO/c1-3-12-5-4-8-17(10-12)15-7-6-13(11(2)18)9-14(15)16/h6-7,9,11-12,18H,3-5,8,10H2,1-2H3. The largest absolute Gasteiger partial charge is 0.389 e. The first-order valence-corrected chi connectivity index (χ1v) is 7.63. The lowest BCUT2D eigenvalue weighted by Crippen LogP contribution is -2.35. The zero-order valence-corrected chi connectivity index (χ0v) is 12.8. The molecule has 1 aliphatic heterocycles. The summed E-state index contributed by atoms with van der Waals surface area (Å²) in [7, 11) is 0. The number of benzene rings is 1. The highest BCUT2D eigenvalue weighted by molar-refractivity contribution is 9.10. The number of piperidine rings is 1. The Bertz CT molecular complexity index is 405. The van der Waals surface area contributed by atoms with E-state index in [1.165, 1.54) is 24.9 Å². The van der Waals surface area contributed by atoms with Gasteiger partial charge in [0, 0.05) is 17.6 Å². The topological polar surface area (TPSA) is 23.5 Å². The molecule has 1 aromatic carbocycles. The van der Waals surface area contributed by atoms with Crippen molar-refractivity contribution in [2.75, 3.05) is 18.0 Å². The summed E-state index contributed by atoms with van der Waals surface area (Å²) in [4.78, 5) is 2.47. The van der Waals surface area contributed by atoms with Crippen molar-refractivity contribution in [1.29, 1.82) is 0 Å². The fourth-order valence-electron chi connectivity index (χ4n) is 2.66. The van der Waals surface area contributed by atoms with Crippen molar-refractivity contribution in [3.63, 3.8) is 0 Å². The zero-order chi connectivity index (χ0) is 13.1. The molecule has 1 N–H and O–H groups in total. The predicted molar refractivity (Wildman–Crippen MR) is 80.0 cm³/mol. The van der Waals surface area contributed by atoms with Gasteiger partial charge in [0.2, 0.25) is 0 Å². The quantitative estimate of drug-likeness (QED) is 0.907. The molecule has 0 spiro atoms. The van der Waals surface area contributed by atoms with Crippen LogP contribution in [0.25, 0.3) is 0 Å². The minimum Gasteiger partial charge on any atom is -0.389 e. The monoisotopic (exact) mass is 311 g/mol. The first-order chi connectivity index (χ1) is 8.61. The van der Waals surface area contributed by atoms with Gasteiger partial charge in [0.25, 0.3) is 0 Å². The third kappa shape index (κ3) is 3.07. The fraction of sp³-hybridized carbons (Fsp3) is 0.600. The van der Waals surface area contributed by atoms with E-state index in [4.69, 9.17) is 0 Å². The van der Waals surface area contributed by atoms with Gasteiger partial charge in [-0.25, -0.2) is 0 Å². The predicted octanol–water partition coefficient (Wildman–Crippen LogP) is 4.13. The van der Waals surface area contributed by atoms with Crippen LogP contribution in [-0.4, -0.2) is 18.2 Å². The van der Waals surface area contributed by atoms with Crippen molar-refractivity contribution in [2.24, 2.45) is 5.92 Å². The number of rotatable bonds is 3. The molecule has 2 atom stereocenters. The molecule has 18 heavy (non-hydrogen) atoms. The van der Waals surface area contributed by atoms with Crippen molar-refractivity contribution >= 4 is 21.6 Å². The van der Waals surface area contributed by atoms with E-state index in [0.717, 1.165) is 29.0 Å². The van der Waals surface area contributed by atoms with Crippen molar-refractivity contribution < 1.29 is 5.11 Å². The van der Waals surface area contributed by atoms with Gasteiger partial charge >= 0.3 is 0 Å². The highest BCUT2D eigenvalue weighted by Crippen LogP contribution is 2.32. The molecule has 1 fully saturated rings. The van der Waals surface area contributed by atoms with E-state index in [0.29, 0.717) is 0 Å². The number of aliphatic hydroxyl groups is 1. The Morgan fingerprint density at radius 1 is 1.50 bits per heavy atom. The van der Waals surface area contributed by atoms with E-state index in [1.807, 2.05) is 12.1 Å². The maximum absolute atomic E-state index is 9.60. The summed E-state index contributed by atoms with van der Waals surface area (Å²) in [6.45, 7) is 6.38. The summed E-state index contributed by atoms with van der Waals surface area (Å²) in [5, 5.41) is 9.60. The Hall–Kier alpha value is -0.540. The highest BCUT2D eigenvalue weighted by Gasteiger charge is 2.20. The summed E-state index contributed by atoms with van der Waals surface area (Å²) in [5.74, 6) is 0.821. The molecule has 1 aliphatic rings. The lowest BCUT2D eigenvalue weighted by atomic mass is 9.95. The first kappa shape index (κ1) is 13.9. The van der Waals surface area contributed by atoms with Gasteiger partial charge in [-0.2, -0.15) is 0 Å². The van der Waals surface area contributed by atoms with Crippen molar-refractivity contribution in [3.05, 3.63) is 28.2 Å². The third-order valence-corrected chi connectivity index (χ3v) is 4.53. The average molecular weight is 312 g/mol. The van der Waals surface area contributed by atoms with E-state index in [2.05, 4.69) is 33.8 Å². The van der Waals surface area contributed by atoms with Crippen LogP contribution in [0.4, 0.5) is 5.69 Å². The Morgan fingerprint density at radius 3 is 2.89 bits per heavy atom. The van der Waals surface area contributed by atoms with Crippen LogP contribution < -0.4 is 4.90 Å². The van der Waals surface area contributed by atoms with Gasteiger partial charge in [0.1, 0.15) is 0 Å². The van der Waals surface area contributed by atoms with Crippen LogP contribution in [0.1, 0.15) is 44.8 Å². The molecular formula is C15H22BrNO. The van der Waals surface area contributed by atoms with Crippen molar-refractivity contribution in [1.82, 2.24) is 0 Å². The fourth-order valence-corrected chi connectivity index (χ4v) is 3.30. The minimum absolute atomic E-state index is 0.403. The number of anilines is 1. The summed E-state index contributed by atoms with van der Waals surface area (Å²) in [6, 6.07) is 6.19. The van der Waals surface area contributed by atoms with Gasteiger partial charge in [0.05, 0.1) is 11.8 Å². The maximum atomic E-state index is 9.60. The number of aliphatic hydroxyl groups excluding tert-OH is 1. The SMILES string of the molecule is CCC1CCCN(c2ccc(C(C)O)cc2Br)C1. The average Bonchev–Trinajstić information content (AvgIpc) is 2.38. The molecule has 1 heterocycles.